The zero-order valence-corrected chi connectivity index (χ0v) is 16.2. The van der Waals surface area contributed by atoms with Crippen LogP contribution in [0.3, 0.4) is 0 Å². The third-order valence-electron chi connectivity index (χ3n) is 5.11. The first-order chi connectivity index (χ1) is 13.2. The number of nitrogens with one attached hydrogen (secondary N) is 1. The van der Waals surface area contributed by atoms with E-state index in [9.17, 15) is 4.79 Å². The summed E-state index contributed by atoms with van der Waals surface area (Å²) in [6.07, 6.45) is 3.89. The van der Waals surface area contributed by atoms with Crippen LogP contribution in [-0.2, 0) is 17.6 Å². The molecule has 4 nitrogen and oxygen atoms in total. The van der Waals surface area contributed by atoms with Gasteiger partial charge in [-0.25, -0.2) is 0 Å². The lowest BCUT2D eigenvalue weighted by atomic mass is 10.0. The Morgan fingerprint density at radius 3 is 2.41 bits per heavy atom. The zero-order valence-electron chi connectivity index (χ0n) is 16.2. The van der Waals surface area contributed by atoms with Crippen molar-refractivity contribution in [3.63, 3.8) is 0 Å². The molecular weight excluding hydrogens is 336 g/mol. The van der Waals surface area contributed by atoms with Gasteiger partial charge in [0.05, 0.1) is 13.0 Å². The molecule has 0 spiro atoms. The lowest BCUT2D eigenvalue weighted by Crippen LogP contribution is -2.44. The summed E-state index contributed by atoms with van der Waals surface area (Å²) in [6.45, 7) is 5.58. The molecule has 1 aliphatic rings. The van der Waals surface area contributed by atoms with E-state index >= 15 is 0 Å². The van der Waals surface area contributed by atoms with Gasteiger partial charge < -0.3 is 10.1 Å². The van der Waals surface area contributed by atoms with E-state index in [0.29, 0.717) is 25.6 Å². The summed E-state index contributed by atoms with van der Waals surface area (Å²) in [5, 5.41) is 3.16. The van der Waals surface area contributed by atoms with Gasteiger partial charge in [0.15, 0.2) is 0 Å². The van der Waals surface area contributed by atoms with Crippen LogP contribution in [0.15, 0.2) is 54.6 Å². The topological polar surface area (TPSA) is 41.6 Å². The smallest absolute Gasteiger partial charge is 0.224 e. The molecule has 1 aliphatic heterocycles. The molecule has 0 aliphatic carbocycles. The second-order valence-corrected chi connectivity index (χ2v) is 7.14. The van der Waals surface area contributed by atoms with Crippen molar-refractivity contribution in [1.29, 1.82) is 0 Å². The maximum atomic E-state index is 12.4. The Labute approximate surface area is 162 Å². The number of likely N-dealkylation sites (tertiary alicyclic amines) is 1. The molecule has 27 heavy (non-hydrogen) atoms. The lowest BCUT2D eigenvalue weighted by molar-refractivity contribution is -0.120. The van der Waals surface area contributed by atoms with Gasteiger partial charge in [-0.05, 0) is 62.5 Å². The standard InChI is InChI=1S/C23H30N2O2/c1-2-27-22-12-10-20(11-13-22)17-23(26)24-18-21(25-14-6-7-15-25)16-19-8-4-3-5-9-19/h3-5,8-13,21H,2,6-7,14-18H2,1H3,(H,24,26). The number of hydrogen-bond donors (Lipinski definition) is 1. The molecule has 2 aromatic rings. The Morgan fingerprint density at radius 2 is 1.74 bits per heavy atom. The highest BCUT2D eigenvalue weighted by Crippen LogP contribution is 2.16. The number of rotatable bonds is 9. The first-order valence-corrected chi connectivity index (χ1v) is 10.0. The van der Waals surface area contributed by atoms with Gasteiger partial charge in [0.2, 0.25) is 5.91 Å². The molecule has 1 N–H and O–H groups in total. The van der Waals surface area contributed by atoms with E-state index in [-0.39, 0.29) is 5.91 Å². The van der Waals surface area contributed by atoms with Crippen LogP contribution < -0.4 is 10.1 Å². The molecule has 2 aromatic carbocycles. The molecule has 0 radical (unpaired) electrons. The molecule has 3 rings (SSSR count). The third kappa shape index (κ3) is 6.10. The number of nitrogens with zero attached hydrogens (tertiary/aromatic N) is 1. The minimum absolute atomic E-state index is 0.0800. The van der Waals surface area contributed by atoms with Crippen molar-refractivity contribution in [2.24, 2.45) is 0 Å². The van der Waals surface area contributed by atoms with Gasteiger partial charge in [-0.3, -0.25) is 9.69 Å². The van der Waals surface area contributed by atoms with Crippen LogP contribution in [0.25, 0.3) is 0 Å². The highest BCUT2D eigenvalue weighted by Gasteiger charge is 2.22. The van der Waals surface area contributed by atoms with E-state index in [4.69, 9.17) is 4.74 Å². The molecule has 1 atom stereocenters. The monoisotopic (exact) mass is 366 g/mol. The van der Waals surface area contributed by atoms with Gasteiger partial charge in [-0.2, -0.15) is 0 Å². The van der Waals surface area contributed by atoms with Crippen molar-refractivity contribution in [2.75, 3.05) is 26.2 Å². The average molecular weight is 367 g/mol. The van der Waals surface area contributed by atoms with Gasteiger partial charge in [0.25, 0.3) is 0 Å². The quantitative estimate of drug-likeness (QED) is 0.739. The van der Waals surface area contributed by atoms with Gasteiger partial charge in [-0.1, -0.05) is 42.5 Å². The molecule has 1 amide bonds. The van der Waals surface area contributed by atoms with Crippen LogP contribution in [0.2, 0.25) is 0 Å². The van der Waals surface area contributed by atoms with Crippen molar-refractivity contribution in [2.45, 2.75) is 38.6 Å². The van der Waals surface area contributed by atoms with Crippen LogP contribution in [-0.4, -0.2) is 43.1 Å². The van der Waals surface area contributed by atoms with Crippen LogP contribution in [0.5, 0.6) is 5.75 Å². The Kier molecular flexibility index (Phi) is 7.28. The normalized spacial score (nSPS) is 15.4. The van der Waals surface area contributed by atoms with Crippen LogP contribution in [0.4, 0.5) is 0 Å². The fourth-order valence-electron chi connectivity index (χ4n) is 3.67. The molecule has 1 saturated heterocycles. The Morgan fingerprint density at radius 1 is 1.04 bits per heavy atom. The molecule has 0 bridgehead atoms. The van der Waals surface area contributed by atoms with Crippen LogP contribution >= 0.6 is 0 Å². The fourth-order valence-corrected chi connectivity index (χ4v) is 3.67. The van der Waals surface area contributed by atoms with E-state index in [2.05, 4.69) is 34.5 Å². The van der Waals surface area contributed by atoms with Crippen molar-refractivity contribution in [3.05, 3.63) is 65.7 Å². The Balaban J connectivity index is 1.53. The minimum Gasteiger partial charge on any atom is -0.494 e. The van der Waals surface area contributed by atoms with E-state index in [0.717, 1.165) is 30.8 Å². The van der Waals surface area contributed by atoms with Gasteiger partial charge >= 0.3 is 0 Å². The summed E-state index contributed by atoms with van der Waals surface area (Å²) in [5.41, 5.74) is 2.34. The predicted molar refractivity (Wildman–Crippen MR) is 109 cm³/mol. The first kappa shape index (κ1) is 19.4. The summed E-state index contributed by atoms with van der Waals surface area (Å²) in [4.78, 5) is 15.0. The maximum absolute atomic E-state index is 12.4. The van der Waals surface area contributed by atoms with Gasteiger partial charge in [0, 0.05) is 12.6 Å². The van der Waals surface area contributed by atoms with Crippen LogP contribution in [0, 0.1) is 0 Å². The number of ether oxygens (including phenoxy) is 1. The fraction of sp³-hybridized carbons (Fsp3) is 0.435. The second kappa shape index (κ2) is 10.1. The summed E-state index contributed by atoms with van der Waals surface area (Å²) in [6, 6.07) is 18.7. The molecule has 1 fully saturated rings. The van der Waals surface area contributed by atoms with E-state index in [1.165, 1.54) is 18.4 Å². The second-order valence-electron chi connectivity index (χ2n) is 7.14. The van der Waals surface area contributed by atoms with Crippen molar-refractivity contribution >= 4 is 5.91 Å². The lowest BCUT2D eigenvalue weighted by Gasteiger charge is -2.28. The van der Waals surface area contributed by atoms with Crippen molar-refractivity contribution in [1.82, 2.24) is 10.2 Å². The number of amides is 1. The summed E-state index contributed by atoms with van der Waals surface area (Å²) in [5.74, 6) is 0.926. The third-order valence-corrected chi connectivity index (χ3v) is 5.11. The van der Waals surface area contributed by atoms with E-state index < -0.39 is 0 Å². The largest absolute Gasteiger partial charge is 0.494 e. The molecular formula is C23H30N2O2. The molecule has 1 unspecified atom stereocenters. The average Bonchev–Trinajstić information content (AvgIpc) is 3.22. The maximum Gasteiger partial charge on any atom is 0.224 e. The Hall–Kier alpha value is -2.33. The summed E-state index contributed by atoms with van der Waals surface area (Å²) in [7, 11) is 0. The zero-order chi connectivity index (χ0) is 18.9. The highest BCUT2D eigenvalue weighted by molar-refractivity contribution is 5.78. The molecule has 1 heterocycles. The number of benzene rings is 2. The van der Waals surface area contributed by atoms with Gasteiger partial charge in [-0.15, -0.1) is 0 Å². The van der Waals surface area contributed by atoms with Gasteiger partial charge in [0.1, 0.15) is 5.75 Å². The Bertz CT molecular complexity index is 694. The predicted octanol–water partition coefficient (Wildman–Crippen LogP) is 3.45. The minimum atomic E-state index is 0.0800. The van der Waals surface area contributed by atoms with Crippen LogP contribution in [0.1, 0.15) is 30.9 Å². The first-order valence-electron chi connectivity index (χ1n) is 10.0. The van der Waals surface area contributed by atoms with E-state index in [1.54, 1.807) is 0 Å². The summed E-state index contributed by atoms with van der Waals surface area (Å²) < 4.78 is 5.45. The highest BCUT2D eigenvalue weighted by atomic mass is 16.5. The molecule has 144 valence electrons. The molecule has 4 heteroatoms. The summed E-state index contributed by atoms with van der Waals surface area (Å²) >= 11 is 0. The number of carbonyl (C=O) groups excluding carboxylic acids is 1. The number of hydrogen-bond acceptors (Lipinski definition) is 3. The van der Waals surface area contributed by atoms with Crippen molar-refractivity contribution in [3.8, 4) is 5.75 Å². The van der Waals surface area contributed by atoms with Crippen molar-refractivity contribution < 1.29 is 9.53 Å². The molecule has 0 aromatic heterocycles. The SMILES string of the molecule is CCOc1ccc(CC(=O)NCC(Cc2ccccc2)N2CCCC2)cc1. The molecule has 0 saturated carbocycles. The van der Waals surface area contributed by atoms with E-state index in [1.807, 2.05) is 37.3 Å². The number of carbonyl (C=O) groups is 1.